The number of aromatic nitrogens is 2. The van der Waals surface area contributed by atoms with Crippen LogP contribution in [-0.4, -0.2) is 28.4 Å². The van der Waals surface area contributed by atoms with Crippen LogP contribution >= 0.6 is 15.9 Å². The fraction of sp³-hybridized carbons (Fsp3) is 0.733. The van der Waals surface area contributed by atoms with E-state index in [1.165, 1.54) is 11.1 Å². The van der Waals surface area contributed by atoms with E-state index in [0.29, 0.717) is 29.5 Å². The molecule has 0 aromatic carbocycles. The van der Waals surface area contributed by atoms with Crippen molar-refractivity contribution >= 4 is 21.6 Å². The minimum absolute atomic E-state index is 0.0604. The molecule has 2 rings (SSSR count). The van der Waals surface area contributed by atoms with Crippen LogP contribution in [0.5, 0.6) is 0 Å². The molecule has 2 heterocycles. The molecule has 21 heavy (non-hydrogen) atoms. The molecule has 0 saturated carbocycles. The van der Waals surface area contributed by atoms with Crippen LogP contribution in [0, 0.1) is 5.92 Å². The van der Waals surface area contributed by atoms with Crippen LogP contribution in [0.3, 0.4) is 0 Å². The molecule has 1 aliphatic heterocycles. The zero-order valence-electron chi connectivity index (χ0n) is 13.1. The van der Waals surface area contributed by atoms with Crippen molar-refractivity contribution in [3.63, 3.8) is 0 Å². The molecular formula is C15H25BrN4O. The normalized spacial score (nSPS) is 22.9. The third-order valence-corrected chi connectivity index (χ3v) is 4.83. The maximum atomic E-state index is 12.5. The summed E-state index contributed by atoms with van der Waals surface area (Å²) in [6.07, 6.45) is 5.19. The molecule has 1 aromatic heterocycles. The average molecular weight is 357 g/mol. The molecule has 1 aromatic rings. The molecule has 1 saturated heterocycles. The predicted molar refractivity (Wildman–Crippen MR) is 89.7 cm³/mol. The lowest BCUT2D eigenvalue weighted by Crippen LogP contribution is -2.49. The molecule has 118 valence electrons. The second-order valence-electron chi connectivity index (χ2n) is 6.30. The Morgan fingerprint density at radius 3 is 2.81 bits per heavy atom. The van der Waals surface area contributed by atoms with Crippen molar-refractivity contribution in [1.82, 2.24) is 9.78 Å². The molecular weight excluding hydrogens is 332 g/mol. The van der Waals surface area contributed by atoms with Gasteiger partial charge < -0.3 is 10.6 Å². The predicted octanol–water partition coefficient (Wildman–Crippen LogP) is 2.37. The first-order valence-electron chi connectivity index (χ1n) is 7.69. The maximum absolute atomic E-state index is 12.5. The van der Waals surface area contributed by atoms with Crippen LogP contribution < -0.4 is 16.2 Å². The summed E-state index contributed by atoms with van der Waals surface area (Å²) in [7, 11) is 0. The Hall–Kier alpha value is -0.880. The summed E-state index contributed by atoms with van der Waals surface area (Å²) in [5.41, 5.74) is 6.73. The van der Waals surface area contributed by atoms with Gasteiger partial charge >= 0.3 is 0 Å². The zero-order chi connectivity index (χ0) is 15.6. The van der Waals surface area contributed by atoms with Gasteiger partial charge in [-0.25, -0.2) is 4.68 Å². The average Bonchev–Trinajstić information content (AvgIpc) is 2.44. The van der Waals surface area contributed by atoms with Gasteiger partial charge in [-0.05, 0) is 48.0 Å². The highest BCUT2D eigenvalue weighted by Crippen LogP contribution is 2.31. The van der Waals surface area contributed by atoms with Gasteiger partial charge in [-0.2, -0.15) is 5.10 Å². The van der Waals surface area contributed by atoms with Crippen molar-refractivity contribution in [2.75, 3.05) is 11.4 Å². The number of piperidine rings is 1. The molecule has 1 aliphatic rings. The molecule has 1 fully saturated rings. The van der Waals surface area contributed by atoms with Crippen LogP contribution in [0.25, 0.3) is 0 Å². The summed E-state index contributed by atoms with van der Waals surface area (Å²) >= 11 is 3.48. The van der Waals surface area contributed by atoms with Crippen LogP contribution in [0.4, 0.5) is 5.69 Å². The second-order valence-corrected chi connectivity index (χ2v) is 7.09. The van der Waals surface area contributed by atoms with E-state index in [1.807, 2.05) is 0 Å². The van der Waals surface area contributed by atoms with Crippen molar-refractivity contribution in [3.05, 3.63) is 21.0 Å². The van der Waals surface area contributed by atoms with Gasteiger partial charge in [0.2, 0.25) is 0 Å². The van der Waals surface area contributed by atoms with E-state index < -0.39 is 0 Å². The quantitative estimate of drug-likeness (QED) is 0.899. The second kappa shape index (κ2) is 6.92. The van der Waals surface area contributed by atoms with Crippen molar-refractivity contribution in [2.24, 2.45) is 11.7 Å². The van der Waals surface area contributed by atoms with Crippen LogP contribution in [0.15, 0.2) is 15.5 Å². The number of rotatable bonds is 4. The fourth-order valence-electron chi connectivity index (χ4n) is 3.06. The highest BCUT2D eigenvalue weighted by Gasteiger charge is 2.29. The van der Waals surface area contributed by atoms with Crippen LogP contribution in [0.2, 0.25) is 0 Å². The first kappa shape index (κ1) is 16.5. The van der Waals surface area contributed by atoms with Crippen molar-refractivity contribution in [3.8, 4) is 0 Å². The SMILES string of the molecule is CC(C)Cn1ncc(N2C(C)CCCC2CN)c(Br)c1=O. The van der Waals surface area contributed by atoms with Crippen molar-refractivity contribution in [2.45, 2.75) is 58.7 Å². The summed E-state index contributed by atoms with van der Waals surface area (Å²) in [6.45, 7) is 7.58. The van der Waals surface area contributed by atoms with Gasteiger partial charge in [-0.1, -0.05) is 13.8 Å². The highest BCUT2D eigenvalue weighted by molar-refractivity contribution is 9.10. The van der Waals surface area contributed by atoms with Crippen LogP contribution in [0.1, 0.15) is 40.0 Å². The third kappa shape index (κ3) is 3.48. The molecule has 6 heteroatoms. The minimum Gasteiger partial charge on any atom is -0.362 e. The smallest absolute Gasteiger partial charge is 0.283 e. The Balaban J connectivity index is 2.39. The highest BCUT2D eigenvalue weighted by atomic mass is 79.9. The van der Waals surface area contributed by atoms with E-state index in [4.69, 9.17) is 5.73 Å². The molecule has 0 bridgehead atoms. The lowest BCUT2D eigenvalue weighted by Gasteiger charge is -2.42. The molecule has 0 aliphatic carbocycles. The fourth-order valence-corrected chi connectivity index (χ4v) is 3.58. The molecule has 2 atom stereocenters. The summed E-state index contributed by atoms with van der Waals surface area (Å²) < 4.78 is 2.13. The van der Waals surface area contributed by atoms with E-state index in [9.17, 15) is 4.79 Å². The summed E-state index contributed by atoms with van der Waals surface area (Å²) in [6, 6.07) is 0.665. The molecule has 0 radical (unpaired) electrons. The lowest BCUT2D eigenvalue weighted by molar-refractivity contribution is 0.397. The molecule has 0 amide bonds. The van der Waals surface area contributed by atoms with Crippen molar-refractivity contribution in [1.29, 1.82) is 0 Å². The topological polar surface area (TPSA) is 64.2 Å². The lowest BCUT2D eigenvalue weighted by atomic mass is 9.96. The summed E-state index contributed by atoms with van der Waals surface area (Å²) in [5, 5.41) is 4.35. The largest absolute Gasteiger partial charge is 0.362 e. The number of halogens is 1. The third-order valence-electron chi connectivity index (χ3n) is 4.08. The Morgan fingerprint density at radius 1 is 1.48 bits per heavy atom. The van der Waals surface area contributed by atoms with E-state index in [1.54, 1.807) is 6.20 Å². The summed E-state index contributed by atoms with van der Waals surface area (Å²) in [5.74, 6) is 0.388. The van der Waals surface area contributed by atoms with Crippen molar-refractivity contribution < 1.29 is 0 Å². The monoisotopic (exact) mass is 356 g/mol. The number of anilines is 1. The number of nitrogens with zero attached hydrogens (tertiary/aromatic N) is 3. The van der Waals surface area contributed by atoms with Crippen LogP contribution in [-0.2, 0) is 6.54 Å². The van der Waals surface area contributed by atoms with E-state index >= 15 is 0 Å². The molecule has 0 spiro atoms. The van der Waals surface area contributed by atoms with Gasteiger partial charge in [-0.15, -0.1) is 0 Å². The minimum atomic E-state index is -0.0604. The maximum Gasteiger partial charge on any atom is 0.283 e. The van der Waals surface area contributed by atoms with Gasteiger partial charge in [0.05, 0.1) is 11.9 Å². The Bertz CT molecular complexity index is 543. The van der Waals surface area contributed by atoms with Gasteiger partial charge in [0.25, 0.3) is 5.56 Å². The van der Waals surface area contributed by atoms with E-state index in [-0.39, 0.29) is 11.6 Å². The van der Waals surface area contributed by atoms with Gasteiger partial charge in [0.15, 0.2) is 0 Å². The first-order valence-corrected chi connectivity index (χ1v) is 8.49. The molecule has 2 N–H and O–H groups in total. The Kier molecular flexibility index (Phi) is 5.43. The number of hydrogen-bond acceptors (Lipinski definition) is 4. The van der Waals surface area contributed by atoms with Gasteiger partial charge in [0, 0.05) is 25.2 Å². The Morgan fingerprint density at radius 2 is 2.19 bits per heavy atom. The molecule has 2 unspecified atom stereocenters. The standard InChI is InChI=1S/C15H25BrN4O/c1-10(2)9-19-15(21)14(16)13(8-18-19)20-11(3)5-4-6-12(20)7-17/h8,10-12H,4-7,9,17H2,1-3H3. The van der Waals surface area contributed by atoms with Gasteiger partial charge in [-0.3, -0.25) is 4.79 Å². The number of nitrogens with two attached hydrogens (primary N) is 1. The molecule has 5 nitrogen and oxygen atoms in total. The number of hydrogen-bond donors (Lipinski definition) is 1. The van der Waals surface area contributed by atoms with Gasteiger partial charge in [0.1, 0.15) is 4.47 Å². The summed E-state index contributed by atoms with van der Waals surface area (Å²) in [4.78, 5) is 14.7. The van der Waals surface area contributed by atoms with E-state index in [0.717, 1.165) is 18.5 Å². The first-order chi connectivity index (χ1) is 9.95. The van der Waals surface area contributed by atoms with E-state index in [2.05, 4.69) is 46.7 Å². The Labute approximate surface area is 134 Å². The zero-order valence-corrected chi connectivity index (χ0v) is 14.6.